The summed E-state index contributed by atoms with van der Waals surface area (Å²) in [6.45, 7) is 5.88. The third-order valence-corrected chi connectivity index (χ3v) is 6.29. The number of carbonyl (C=O) groups is 1. The molecule has 1 amide bonds. The Labute approximate surface area is 126 Å². The SMILES string of the molecule is Cc1ccc(S(=O)(=O)N2C[C@@H](C(N)=O)CC[C@@H]2C)cc1C. The minimum atomic E-state index is -3.59. The summed E-state index contributed by atoms with van der Waals surface area (Å²) in [4.78, 5) is 11.6. The molecule has 0 radical (unpaired) electrons. The Kier molecular flexibility index (Phi) is 4.39. The average Bonchev–Trinajstić information content (AvgIpc) is 2.41. The van der Waals surface area contributed by atoms with E-state index in [-0.39, 0.29) is 17.5 Å². The van der Waals surface area contributed by atoms with Crippen LogP contribution in [0.3, 0.4) is 0 Å². The maximum absolute atomic E-state index is 12.8. The van der Waals surface area contributed by atoms with E-state index in [0.717, 1.165) is 11.1 Å². The summed E-state index contributed by atoms with van der Waals surface area (Å²) in [5.41, 5.74) is 7.33. The van der Waals surface area contributed by atoms with Crippen LogP contribution < -0.4 is 5.73 Å². The molecule has 5 nitrogen and oxygen atoms in total. The first kappa shape index (κ1) is 16.0. The number of rotatable bonds is 3. The van der Waals surface area contributed by atoms with E-state index in [1.54, 1.807) is 12.1 Å². The van der Waals surface area contributed by atoms with Gasteiger partial charge in [0.2, 0.25) is 15.9 Å². The Morgan fingerprint density at radius 2 is 1.90 bits per heavy atom. The van der Waals surface area contributed by atoms with Gasteiger partial charge in [-0.25, -0.2) is 8.42 Å². The fourth-order valence-corrected chi connectivity index (χ4v) is 4.44. The fourth-order valence-electron chi connectivity index (χ4n) is 2.65. The van der Waals surface area contributed by atoms with E-state index in [0.29, 0.717) is 12.8 Å². The highest BCUT2D eigenvalue weighted by atomic mass is 32.2. The molecule has 2 atom stereocenters. The van der Waals surface area contributed by atoms with Gasteiger partial charge in [0.05, 0.1) is 10.8 Å². The van der Waals surface area contributed by atoms with E-state index >= 15 is 0 Å². The summed E-state index contributed by atoms with van der Waals surface area (Å²) in [6, 6.07) is 5.00. The Morgan fingerprint density at radius 3 is 2.48 bits per heavy atom. The van der Waals surface area contributed by atoms with Crippen molar-refractivity contribution < 1.29 is 13.2 Å². The van der Waals surface area contributed by atoms with Gasteiger partial charge in [0.25, 0.3) is 0 Å². The summed E-state index contributed by atoms with van der Waals surface area (Å²) in [6.07, 6.45) is 1.30. The minimum absolute atomic E-state index is 0.118. The molecule has 1 aliphatic heterocycles. The zero-order valence-electron chi connectivity index (χ0n) is 12.7. The molecule has 116 valence electrons. The van der Waals surface area contributed by atoms with Gasteiger partial charge >= 0.3 is 0 Å². The molecule has 0 bridgehead atoms. The molecular weight excluding hydrogens is 288 g/mol. The number of nitrogens with zero attached hydrogens (tertiary/aromatic N) is 1. The molecule has 0 spiro atoms. The molecule has 6 heteroatoms. The van der Waals surface area contributed by atoms with Crippen molar-refractivity contribution in [2.24, 2.45) is 11.7 Å². The number of hydrogen-bond acceptors (Lipinski definition) is 3. The van der Waals surface area contributed by atoms with Crippen molar-refractivity contribution in [1.82, 2.24) is 4.31 Å². The van der Waals surface area contributed by atoms with Crippen molar-refractivity contribution in [2.45, 2.75) is 44.6 Å². The minimum Gasteiger partial charge on any atom is -0.369 e. The molecule has 0 saturated carbocycles. The quantitative estimate of drug-likeness (QED) is 0.920. The number of sulfonamides is 1. The number of amides is 1. The third kappa shape index (κ3) is 3.11. The Hall–Kier alpha value is -1.40. The second-order valence-electron chi connectivity index (χ2n) is 5.85. The first-order valence-corrected chi connectivity index (χ1v) is 8.56. The maximum atomic E-state index is 12.8. The summed E-state index contributed by atoms with van der Waals surface area (Å²) in [7, 11) is -3.59. The Balaban J connectivity index is 2.36. The predicted octanol–water partition coefficient (Wildman–Crippen LogP) is 1.58. The van der Waals surface area contributed by atoms with E-state index in [1.165, 1.54) is 4.31 Å². The average molecular weight is 310 g/mol. The molecule has 21 heavy (non-hydrogen) atoms. The lowest BCUT2D eigenvalue weighted by molar-refractivity contribution is -0.123. The molecule has 2 rings (SSSR count). The number of nitrogens with two attached hydrogens (primary N) is 1. The number of benzene rings is 1. The van der Waals surface area contributed by atoms with Crippen LogP contribution >= 0.6 is 0 Å². The van der Waals surface area contributed by atoms with Crippen LogP contribution in [0.2, 0.25) is 0 Å². The van der Waals surface area contributed by atoms with E-state index in [1.807, 2.05) is 26.8 Å². The number of hydrogen-bond donors (Lipinski definition) is 1. The Bertz CT molecular complexity index is 655. The van der Waals surface area contributed by atoms with Gasteiger partial charge in [-0.15, -0.1) is 0 Å². The summed E-state index contributed by atoms with van der Waals surface area (Å²) >= 11 is 0. The molecule has 0 aromatic heterocycles. The summed E-state index contributed by atoms with van der Waals surface area (Å²) in [5, 5.41) is 0. The fraction of sp³-hybridized carbons (Fsp3) is 0.533. The van der Waals surface area contributed by atoms with Crippen molar-refractivity contribution in [3.8, 4) is 0 Å². The molecule has 1 aliphatic rings. The van der Waals surface area contributed by atoms with E-state index in [9.17, 15) is 13.2 Å². The first-order valence-electron chi connectivity index (χ1n) is 7.12. The van der Waals surface area contributed by atoms with Crippen LogP contribution in [0, 0.1) is 19.8 Å². The number of primary amides is 1. The highest BCUT2D eigenvalue weighted by Crippen LogP contribution is 2.28. The van der Waals surface area contributed by atoms with Crippen LogP contribution in [-0.2, 0) is 14.8 Å². The van der Waals surface area contributed by atoms with E-state index in [4.69, 9.17) is 5.73 Å². The lowest BCUT2D eigenvalue weighted by atomic mass is 9.95. The molecule has 0 unspecified atom stereocenters. The largest absolute Gasteiger partial charge is 0.369 e. The van der Waals surface area contributed by atoms with Crippen molar-refractivity contribution in [3.05, 3.63) is 29.3 Å². The van der Waals surface area contributed by atoms with Gasteiger partial charge in [0.15, 0.2) is 0 Å². The van der Waals surface area contributed by atoms with Crippen LogP contribution in [0.5, 0.6) is 0 Å². The maximum Gasteiger partial charge on any atom is 0.243 e. The van der Waals surface area contributed by atoms with Crippen LogP contribution in [0.4, 0.5) is 0 Å². The molecule has 1 heterocycles. The standard InChI is InChI=1S/C15H22N2O3S/c1-10-4-7-14(8-11(10)2)21(19,20)17-9-13(15(16)18)6-5-12(17)3/h4,7-8,12-13H,5-6,9H2,1-3H3,(H2,16,18)/t12-,13-/m0/s1. The van der Waals surface area contributed by atoms with Crippen LogP contribution in [0.1, 0.15) is 30.9 Å². The molecule has 1 fully saturated rings. The van der Waals surface area contributed by atoms with Gasteiger partial charge < -0.3 is 5.73 Å². The van der Waals surface area contributed by atoms with E-state index in [2.05, 4.69) is 0 Å². The Morgan fingerprint density at radius 1 is 1.24 bits per heavy atom. The molecule has 1 aromatic carbocycles. The number of carbonyl (C=O) groups excluding carboxylic acids is 1. The van der Waals surface area contributed by atoms with Crippen molar-refractivity contribution in [2.75, 3.05) is 6.54 Å². The molecule has 1 aromatic rings. The first-order chi connectivity index (χ1) is 9.73. The van der Waals surface area contributed by atoms with Crippen molar-refractivity contribution in [3.63, 3.8) is 0 Å². The van der Waals surface area contributed by atoms with Gasteiger partial charge in [-0.3, -0.25) is 4.79 Å². The van der Waals surface area contributed by atoms with Crippen LogP contribution in [0.15, 0.2) is 23.1 Å². The number of aryl methyl sites for hydroxylation is 2. The normalized spacial score (nSPS) is 24.0. The topological polar surface area (TPSA) is 80.5 Å². The smallest absolute Gasteiger partial charge is 0.243 e. The predicted molar refractivity (Wildman–Crippen MR) is 81.2 cm³/mol. The van der Waals surface area contributed by atoms with Crippen molar-refractivity contribution in [1.29, 1.82) is 0 Å². The van der Waals surface area contributed by atoms with Gasteiger partial charge in [0.1, 0.15) is 0 Å². The van der Waals surface area contributed by atoms with Gasteiger partial charge in [-0.05, 0) is 56.9 Å². The van der Waals surface area contributed by atoms with Gasteiger partial charge in [-0.2, -0.15) is 4.31 Å². The van der Waals surface area contributed by atoms with Crippen LogP contribution in [-0.4, -0.2) is 31.2 Å². The summed E-state index contributed by atoms with van der Waals surface area (Å²) in [5.74, 6) is -0.829. The van der Waals surface area contributed by atoms with Gasteiger partial charge in [-0.1, -0.05) is 6.07 Å². The molecule has 2 N–H and O–H groups in total. The second-order valence-corrected chi connectivity index (χ2v) is 7.74. The number of piperidine rings is 1. The van der Waals surface area contributed by atoms with Gasteiger partial charge in [0, 0.05) is 12.6 Å². The molecule has 1 saturated heterocycles. The highest BCUT2D eigenvalue weighted by Gasteiger charge is 2.36. The van der Waals surface area contributed by atoms with Crippen LogP contribution in [0.25, 0.3) is 0 Å². The molecular formula is C15H22N2O3S. The third-order valence-electron chi connectivity index (χ3n) is 4.31. The molecule has 0 aliphatic carbocycles. The zero-order chi connectivity index (χ0) is 15.8. The zero-order valence-corrected chi connectivity index (χ0v) is 13.5. The highest BCUT2D eigenvalue weighted by molar-refractivity contribution is 7.89. The van der Waals surface area contributed by atoms with E-state index < -0.39 is 21.8 Å². The second kappa shape index (κ2) is 5.77. The van der Waals surface area contributed by atoms with Crippen molar-refractivity contribution >= 4 is 15.9 Å². The monoisotopic (exact) mass is 310 g/mol. The summed E-state index contributed by atoms with van der Waals surface area (Å²) < 4.78 is 27.0. The lowest BCUT2D eigenvalue weighted by Crippen LogP contribution is -2.48. The lowest BCUT2D eigenvalue weighted by Gasteiger charge is -2.35.